The van der Waals surface area contributed by atoms with Gasteiger partial charge in [-0.05, 0) is 66.7 Å². The van der Waals surface area contributed by atoms with Crippen LogP contribution in [0.4, 0.5) is 10.5 Å². The lowest BCUT2D eigenvalue weighted by Gasteiger charge is -2.41. The second-order valence-corrected chi connectivity index (χ2v) is 21.9. The van der Waals surface area contributed by atoms with Gasteiger partial charge in [0.25, 0.3) is 0 Å². The molecule has 1 aliphatic heterocycles. The summed E-state index contributed by atoms with van der Waals surface area (Å²) in [6, 6.07) is 13.6. The number of hydrogen-bond donors (Lipinski definition) is 3. The predicted molar refractivity (Wildman–Crippen MR) is 288 cm³/mol. The number of ketones is 2. The second kappa shape index (κ2) is 29.8. The molecule has 74 heavy (non-hydrogen) atoms. The number of hydrogen-bond acceptors (Lipinski definition) is 11. The molecular weight excluding hydrogens is 943 g/mol. The molecular formula is C58H91N5O11. The van der Waals surface area contributed by atoms with E-state index in [2.05, 4.69) is 10.6 Å². The summed E-state index contributed by atoms with van der Waals surface area (Å²) in [6.45, 7) is 23.0. The molecule has 3 rings (SSSR count). The van der Waals surface area contributed by atoms with E-state index >= 15 is 0 Å². The summed E-state index contributed by atoms with van der Waals surface area (Å²) < 4.78 is 17.7. The van der Waals surface area contributed by atoms with Crippen LogP contribution in [0.5, 0.6) is 0 Å². The molecule has 12 atom stereocenters. The fourth-order valence-electron chi connectivity index (χ4n) is 10.2. The van der Waals surface area contributed by atoms with Gasteiger partial charge in [0, 0.05) is 71.1 Å². The van der Waals surface area contributed by atoms with Crippen LogP contribution in [0.25, 0.3) is 0 Å². The van der Waals surface area contributed by atoms with Gasteiger partial charge in [-0.3, -0.25) is 28.8 Å². The highest BCUT2D eigenvalue weighted by atomic mass is 16.6. The Morgan fingerprint density at radius 3 is 1.89 bits per heavy atom. The molecule has 0 unspecified atom stereocenters. The Kier molecular flexibility index (Phi) is 25.4. The standard InChI is InChI=1S/C58H91N5O11/c1-17-37(8)52(49(72-15)32-50(66)63-29-21-24-46(63)54(73-16)40(11)56(69)59-41(12)53(67)43-22-19-18-20-23-43)61(13)57(70)45(35(4)5)31-48(65)51(36(6)7)62(14)58(71)74-33-42-25-27-44(28-26-42)60-55(68)38(9)30-47(64)39(10)34(2)3/h18-20,22-23,25-28,34-41,45-46,49,51-54,67H,17,21,24,29-33H2,1-16H3,(H,59,69)(H,60,68)/t37-,38+,39-,40+,41+,45-,46-,49+,51-,52-,53+,54+/m0/s1. The maximum Gasteiger partial charge on any atom is 0.410 e. The van der Waals surface area contributed by atoms with Gasteiger partial charge in [-0.2, -0.15) is 0 Å². The lowest BCUT2D eigenvalue weighted by molar-refractivity contribution is -0.149. The molecule has 2 aromatic rings. The van der Waals surface area contributed by atoms with Crippen LogP contribution in [0.15, 0.2) is 54.6 Å². The van der Waals surface area contributed by atoms with E-state index < -0.39 is 66.3 Å². The molecule has 5 amide bonds. The largest absolute Gasteiger partial charge is 0.445 e. The zero-order valence-electron chi connectivity index (χ0n) is 47.4. The Hall–Kier alpha value is -5.19. The van der Waals surface area contributed by atoms with Crippen molar-refractivity contribution in [1.82, 2.24) is 20.0 Å². The average molecular weight is 1030 g/mol. The van der Waals surface area contributed by atoms with Crippen molar-refractivity contribution in [2.24, 2.45) is 47.3 Å². The number of anilines is 1. The Bertz CT molecular complexity index is 2130. The van der Waals surface area contributed by atoms with Crippen molar-refractivity contribution in [3.05, 3.63) is 65.7 Å². The van der Waals surface area contributed by atoms with E-state index in [4.69, 9.17) is 14.2 Å². The number of aliphatic hydroxyl groups is 1. The number of ether oxygens (including phenoxy) is 3. The third-order valence-corrected chi connectivity index (χ3v) is 15.5. The monoisotopic (exact) mass is 1030 g/mol. The normalized spacial score (nSPS) is 18.3. The quantitative estimate of drug-likeness (QED) is 0.0706. The van der Waals surface area contributed by atoms with Gasteiger partial charge >= 0.3 is 6.09 Å². The molecule has 1 heterocycles. The highest BCUT2D eigenvalue weighted by molar-refractivity contribution is 5.96. The second-order valence-electron chi connectivity index (χ2n) is 21.9. The van der Waals surface area contributed by atoms with Gasteiger partial charge < -0.3 is 44.7 Å². The van der Waals surface area contributed by atoms with Crippen LogP contribution in [0.1, 0.15) is 139 Å². The molecule has 1 fully saturated rings. The first-order chi connectivity index (χ1) is 34.8. The number of amides is 5. The zero-order chi connectivity index (χ0) is 55.7. The van der Waals surface area contributed by atoms with Gasteiger partial charge in [0.2, 0.25) is 23.6 Å². The van der Waals surface area contributed by atoms with Gasteiger partial charge in [-0.25, -0.2) is 4.79 Å². The number of nitrogens with one attached hydrogen (secondary N) is 2. The number of carbonyl (C=O) groups excluding carboxylic acids is 7. The summed E-state index contributed by atoms with van der Waals surface area (Å²) >= 11 is 0. The van der Waals surface area contributed by atoms with E-state index in [0.717, 1.165) is 0 Å². The Morgan fingerprint density at radius 2 is 1.35 bits per heavy atom. The summed E-state index contributed by atoms with van der Waals surface area (Å²) in [5.41, 5.74) is 1.89. The van der Waals surface area contributed by atoms with Gasteiger partial charge in [-0.15, -0.1) is 0 Å². The first-order valence-electron chi connectivity index (χ1n) is 26.8. The van der Waals surface area contributed by atoms with Crippen LogP contribution in [0.2, 0.25) is 0 Å². The summed E-state index contributed by atoms with van der Waals surface area (Å²) in [6.07, 6.45) is -0.952. The minimum atomic E-state index is -0.912. The fourth-order valence-corrected chi connectivity index (χ4v) is 10.2. The van der Waals surface area contributed by atoms with Crippen molar-refractivity contribution in [1.29, 1.82) is 0 Å². The summed E-state index contributed by atoms with van der Waals surface area (Å²) in [4.78, 5) is 101. The number of carbonyl (C=O) groups is 7. The zero-order valence-corrected chi connectivity index (χ0v) is 47.4. The van der Waals surface area contributed by atoms with E-state index in [1.54, 1.807) is 74.0 Å². The third kappa shape index (κ3) is 17.2. The van der Waals surface area contributed by atoms with E-state index in [0.29, 0.717) is 42.6 Å². The Balaban J connectivity index is 1.69. The van der Waals surface area contributed by atoms with Crippen molar-refractivity contribution in [3.63, 3.8) is 0 Å². The lowest BCUT2D eigenvalue weighted by Crippen LogP contribution is -2.55. The van der Waals surface area contributed by atoms with Crippen LogP contribution in [0, 0.1) is 47.3 Å². The van der Waals surface area contributed by atoms with Crippen LogP contribution < -0.4 is 10.6 Å². The predicted octanol–water partition coefficient (Wildman–Crippen LogP) is 8.50. The van der Waals surface area contributed by atoms with E-state index in [9.17, 15) is 38.7 Å². The van der Waals surface area contributed by atoms with Crippen molar-refractivity contribution >= 4 is 47.0 Å². The Labute approximate surface area is 442 Å². The average Bonchev–Trinajstić information content (AvgIpc) is 3.86. The number of benzene rings is 2. The van der Waals surface area contributed by atoms with Crippen LogP contribution in [-0.2, 0) is 49.6 Å². The highest BCUT2D eigenvalue weighted by Crippen LogP contribution is 2.32. The first kappa shape index (κ1) is 63.1. The number of Topliss-reactive ketones (excluding diaryl/α,β-unsaturated/α-hetero) is 2. The molecule has 0 aliphatic carbocycles. The van der Waals surface area contributed by atoms with E-state index in [-0.39, 0.29) is 90.7 Å². The van der Waals surface area contributed by atoms with Crippen molar-refractivity contribution in [2.75, 3.05) is 40.2 Å². The molecule has 16 nitrogen and oxygen atoms in total. The van der Waals surface area contributed by atoms with E-state index in [1.165, 1.54) is 26.2 Å². The topological polar surface area (TPSA) is 201 Å². The maximum absolute atomic E-state index is 14.7. The number of nitrogens with zero attached hydrogens (tertiary/aromatic N) is 3. The molecule has 414 valence electrons. The summed E-state index contributed by atoms with van der Waals surface area (Å²) in [5.74, 6) is -3.77. The molecule has 0 bridgehead atoms. The molecule has 0 spiro atoms. The third-order valence-electron chi connectivity index (χ3n) is 15.5. The smallest absolute Gasteiger partial charge is 0.410 e. The molecule has 1 aliphatic rings. The highest BCUT2D eigenvalue weighted by Gasteiger charge is 2.44. The van der Waals surface area contributed by atoms with Crippen molar-refractivity contribution in [2.45, 2.75) is 171 Å². The first-order valence-corrected chi connectivity index (χ1v) is 26.8. The number of likely N-dealkylation sites (tertiary alicyclic amines) is 1. The fraction of sp³-hybridized carbons (Fsp3) is 0.672. The van der Waals surface area contributed by atoms with Gasteiger partial charge in [0.15, 0.2) is 5.78 Å². The summed E-state index contributed by atoms with van der Waals surface area (Å²) in [7, 11) is 6.29. The minimum Gasteiger partial charge on any atom is -0.445 e. The molecule has 2 aromatic carbocycles. The number of likely N-dealkylation sites (N-methyl/N-ethyl adjacent to an activating group) is 2. The number of aliphatic hydroxyl groups excluding tert-OH is 1. The SMILES string of the molecule is CC[C@H](C)[C@@H]([C@@H](CC(=O)N1CCC[C@H]1[C@H](OC)[C@@H](C)C(=O)N[C@H](C)[C@@H](O)c1ccccc1)OC)N(C)C(=O)[C@@H](CC(=O)[C@H](C(C)C)N(C)C(=O)OCc1ccc(NC(=O)[C@H](C)CC(=O)[C@@H](C)C(C)C)cc1)C(C)C. The van der Waals surface area contributed by atoms with Crippen molar-refractivity contribution in [3.8, 4) is 0 Å². The van der Waals surface area contributed by atoms with E-state index in [1.807, 2.05) is 80.5 Å². The maximum atomic E-state index is 14.7. The molecule has 1 saturated heterocycles. The molecule has 0 aromatic heterocycles. The minimum absolute atomic E-state index is 0.0359. The Morgan fingerprint density at radius 1 is 0.730 bits per heavy atom. The van der Waals surface area contributed by atoms with Crippen LogP contribution in [-0.4, -0.2) is 132 Å². The van der Waals surface area contributed by atoms with Crippen molar-refractivity contribution < 1.29 is 52.9 Å². The number of rotatable bonds is 29. The van der Waals surface area contributed by atoms with Crippen LogP contribution >= 0.6 is 0 Å². The lowest BCUT2D eigenvalue weighted by atomic mass is 9.83. The van der Waals surface area contributed by atoms with Gasteiger partial charge in [0.05, 0.1) is 54.8 Å². The molecule has 16 heteroatoms. The number of methoxy groups -OCH3 is 2. The van der Waals surface area contributed by atoms with Gasteiger partial charge in [0.1, 0.15) is 12.4 Å². The summed E-state index contributed by atoms with van der Waals surface area (Å²) in [5, 5.41) is 16.7. The molecule has 0 saturated carbocycles. The van der Waals surface area contributed by atoms with Crippen LogP contribution in [0.3, 0.4) is 0 Å². The molecule has 0 radical (unpaired) electrons. The van der Waals surface area contributed by atoms with Gasteiger partial charge in [-0.1, -0.05) is 125 Å². The molecule has 3 N–H and O–H groups in total.